The van der Waals surface area contributed by atoms with Gasteiger partial charge in [-0.3, -0.25) is 5.32 Å². The molecule has 5 nitrogen and oxygen atoms in total. The molecule has 1 aromatic heterocycles. The van der Waals surface area contributed by atoms with E-state index in [1.807, 2.05) is 0 Å². The lowest BCUT2D eigenvalue weighted by Gasteiger charge is -2.30. The maximum absolute atomic E-state index is 3.98. The quantitative estimate of drug-likeness (QED) is 0.166. The average molecular weight is 712 g/mol. The molecular formula is C50H41N5. The summed E-state index contributed by atoms with van der Waals surface area (Å²) >= 11 is 0. The molecule has 11 rings (SSSR count). The van der Waals surface area contributed by atoms with Gasteiger partial charge in [-0.05, 0) is 93.0 Å². The Morgan fingerprint density at radius 2 is 1.33 bits per heavy atom. The van der Waals surface area contributed by atoms with Crippen LogP contribution in [0.2, 0.25) is 0 Å². The zero-order valence-corrected chi connectivity index (χ0v) is 30.9. The van der Waals surface area contributed by atoms with E-state index in [-0.39, 0.29) is 17.9 Å². The highest BCUT2D eigenvalue weighted by atomic mass is 15.5. The first kappa shape index (κ1) is 31.9. The van der Waals surface area contributed by atoms with Crippen LogP contribution in [0.3, 0.4) is 0 Å². The van der Waals surface area contributed by atoms with Crippen molar-refractivity contribution in [2.24, 2.45) is 0 Å². The number of hydrogen-bond acceptors (Lipinski definition) is 4. The largest absolute Gasteiger partial charge is 0.366 e. The van der Waals surface area contributed by atoms with E-state index >= 15 is 0 Å². The van der Waals surface area contributed by atoms with Crippen molar-refractivity contribution in [1.29, 1.82) is 0 Å². The molecule has 2 aliphatic heterocycles. The molecule has 55 heavy (non-hydrogen) atoms. The highest BCUT2D eigenvalue weighted by molar-refractivity contribution is 6.14. The van der Waals surface area contributed by atoms with Gasteiger partial charge in [0.2, 0.25) is 0 Å². The number of rotatable bonds is 5. The van der Waals surface area contributed by atoms with Crippen LogP contribution in [-0.4, -0.2) is 11.1 Å². The molecule has 266 valence electrons. The molecule has 0 saturated heterocycles. The fourth-order valence-electron chi connectivity index (χ4n) is 9.48. The number of para-hydroxylation sites is 3. The van der Waals surface area contributed by atoms with Gasteiger partial charge in [0.15, 0.2) is 6.29 Å². The van der Waals surface area contributed by atoms with Crippen molar-refractivity contribution in [3.63, 3.8) is 0 Å². The average Bonchev–Trinajstić information content (AvgIpc) is 3.86. The fraction of sp³-hybridized carbons (Fsp3) is 0.120. The lowest BCUT2D eigenvalue weighted by atomic mass is 9.80. The molecule has 0 bridgehead atoms. The molecule has 5 heteroatoms. The monoisotopic (exact) mass is 711 g/mol. The summed E-state index contributed by atoms with van der Waals surface area (Å²) < 4.78 is 2.55. The molecule has 3 heterocycles. The first-order valence-corrected chi connectivity index (χ1v) is 19.3. The van der Waals surface area contributed by atoms with Gasteiger partial charge in [-0.25, -0.2) is 0 Å². The Balaban J connectivity index is 1.14. The zero-order chi connectivity index (χ0) is 36.7. The molecular weight excluding hydrogens is 671 g/mol. The molecule has 0 spiro atoms. The molecule has 0 radical (unpaired) electrons. The van der Waals surface area contributed by atoms with Crippen LogP contribution in [0.15, 0.2) is 170 Å². The van der Waals surface area contributed by atoms with Crippen molar-refractivity contribution in [1.82, 2.24) is 15.2 Å². The van der Waals surface area contributed by atoms with Crippen molar-refractivity contribution in [3.05, 3.63) is 192 Å². The van der Waals surface area contributed by atoms with E-state index in [1.54, 1.807) is 0 Å². The zero-order valence-electron chi connectivity index (χ0n) is 30.9. The standard InChI is InChI=1S/C50H41N5/c1-50(2)40-26-23-34(32-14-6-3-7-15-32)30-39(40)37-25-27-44-46(47(37)50)38-24-22-35(48-51-29-28-41(52-48)33-16-8-4-9-17-33)31-45(38)55(44)49-53-42-20-12-13-21-43(42)54(49)36-18-10-5-11-19-36/h3-28,30-31,48-49,51-53H,29H2,1-2H3. The number of nitrogens with one attached hydrogen (secondary N) is 3. The Hall–Kier alpha value is -6.56. The first-order chi connectivity index (χ1) is 27.0. The Morgan fingerprint density at radius 1 is 0.600 bits per heavy atom. The Labute approximate surface area is 321 Å². The van der Waals surface area contributed by atoms with E-state index in [9.17, 15) is 0 Å². The van der Waals surface area contributed by atoms with Gasteiger partial charge in [-0.2, -0.15) is 0 Å². The molecule has 7 aromatic carbocycles. The van der Waals surface area contributed by atoms with Gasteiger partial charge < -0.3 is 20.1 Å². The van der Waals surface area contributed by atoms with Crippen molar-refractivity contribution in [2.45, 2.75) is 31.7 Å². The van der Waals surface area contributed by atoms with E-state index in [0.717, 1.165) is 23.6 Å². The second kappa shape index (κ2) is 12.2. The molecule has 0 saturated carbocycles. The molecule has 8 aromatic rings. The predicted octanol–water partition coefficient (Wildman–Crippen LogP) is 11.7. The van der Waals surface area contributed by atoms with E-state index in [2.05, 4.69) is 209 Å². The number of nitrogens with zero attached hydrogens (tertiary/aromatic N) is 2. The van der Waals surface area contributed by atoms with Crippen molar-refractivity contribution in [2.75, 3.05) is 16.8 Å². The lowest BCUT2D eigenvalue weighted by molar-refractivity contribution is 0.509. The van der Waals surface area contributed by atoms with Crippen LogP contribution in [0.5, 0.6) is 0 Å². The molecule has 3 N–H and O–H groups in total. The number of fused-ring (bicyclic) bond motifs is 8. The minimum absolute atomic E-state index is 0.0437. The van der Waals surface area contributed by atoms with Crippen LogP contribution in [0.25, 0.3) is 49.8 Å². The summed E-state index contributed by atoms with van der Waals surface area (Å²) in [6.07, 6.45) is 2.00. The smallest absolute Gasteiger partial charge is 0.187 e. The maximum atomic E-state index is 3.98. The first-order valence-electron chi connectivity index (χ1n) is 19.3. The van der Waals surface area contributed by atoms with Gasteiger partial charge in [-0.1, -0.05) is 135 Å². The van der Waals surface area contributed by atoms with Crippen LogP contribution in [0, 0.1) is 0 Å². The SMILES string of the molecule is CC1(C)c2ccc(-c3ccccc3)cc2-c2ccc3c(c21)c1ccc(C2NCC=C(c4ccccc4)N2)cc1n3C1Nc2ccccc2N1c1ccccc1. The highest BCUT2D eigenvalue weighted by Crippen LogP contribution is 2.55. The summed E-state index contributed by atoms with van der Waals surface area (Å²) in [5, 5.41) is 14.1. The summed E-state index contributed by atoms with van der Waals surface area (Å²) in [5.41, 5.74) is 17.1. The molecule has 2 unspecified atom stereocenters. The molecule has 1 aliphatic carbocycles. The normalized spacial score (nSPS) is 18.0. The van der Waals surface area contributed by atoms with E-state index in [0.29, 0.717) is 0 Å². The highest BCUT2D eigenvalue weighted by Gasteiger charge is 2.40. The summed E-state index contributed by atoms with van der Waals surface area (Å²) in [5.74, 6) is 0. The van der Waals surface area contributed by atoms with Gasteiger partial charge in [0.25, 0.3) is 0 Å². The third-order valence-electron chi connectivity index (χ3n) is 12.0. The van der Waals surface area contributed by atoms with Gasteiger partial charge in [-0.15, -0.1) is 0 Å². The second-order valence-electron chi connectivity index (χ2n) is 15.5. The number of anilines is 3. The Morgan fingerprint density at radius 3 is 2.13 bits per heavy atom. The van der Waals surface area contributed by atoms with Crippen molar-refractivity contribution < 1.29 is 0 Å². The number of benzene rings is 7. The Kier molecular flexibility index (Phi) is 7.10. The van der Waals surface area contributed by atoms with Crippen LogP contribution >= 0.6 is 0 Å². The second-order valence-corrected chi connectivity index (χ2v) is 15.5. The summed E-state index contributed by atoms with van der Waals surface area (Å²) in [7, 11) is 0. The van der Waals surface area contributed by atoms with Gasteiger partial charge >= 0.3 is 0 Å². The summed E-state index contributed by atoms with van der Waals surface area (Å²) in [6, 6.07) is 59.8. The lowest BCUT2D eigenvalue weighted by Crippen LogP contribution is -2.37. The Bertz CT molecular complexity index is 2800. The van der Waals surface area contributed by atoms with Gasteiger partial charge in [0.1, 0.15) is 6.17 Å². The third-order valence-corrected chi connectivity index (χ3v) is 12.0. The van der Waals surface area contributed by atoms with Crippen LogP contribution in [-0.2, 0) is 5.41 Å². The molecule has 2 atom stereocenters. The molecule has 3 aliphatic rings. The summed E-state index contributed by atoms with van der Waals surface area (Å²) in [4.78, 5) is 2.45. The third kappa shape index (κ3) is 4.90. The topological polar surface area (TPSA) is 44.3 Å². The molecule has 0 fully saturated rings. The van der Waals surface area contributed by atoms with Crippen LogP contribution in [0.1, 0.15) is 48.6 Å². The van der Waals surface area contributed by atoms with Crippen LogP contribution in [0.4, 0.5) is 17.1 Å². The van der Waals surface area contributed by atoms with Crippen LogP contribution < -0.4 is 20.9 Å². The van der Waals surface area contributed by atoms with E-state index in [1.165, 1.54) is 72.0 Å². The number of aromatic nitrogens is 1. The summed E-state index contributed by atoms with van der Waals surface area (Å²) in [6.45, 7) is 5.60. The maximum Gasteiger partial charge on any atom is 0.187 e. The van der Waals surface area contributed by atoms with Crippen molar-refractivity contribution >= 4 is 44.6 Å². The minimum Gasteiger partial charge on any atom is -0.366 e. The van der Waals surface area contributed by atoms with E-state index < -0.39 is 0 Å². The minimum atomic E-state index is -0.204. The predicted molar refractivity (Wildman–Crippen MR) is 228 cm³/mol. The van der Waals surface area contributed by atoms with E-state index in [4.69, 9.17) is 0 Å². The van der Waals surface area contributed by atoms with Gasteiger partial charge in [0.05, 0.1) is 22.4 Å². The van der Waals surface area contributed by atoms with Crippen molar-refractivity contribution in [3.8, 4) is 22.3 Å². The molecule has 0 amide bonds. The van der Waals surface area contributed by atoms with Gasteiger partial charge in [0, 0.05) is 34.1 Å². The number of hydrogen-bond donors (Lipinski definition) is 3. The fourth-order valence-corrected chi connectivity index (χ4v) is 9.48.